The van der Waals surface area contributed by atoms with E-state index in [1.54, 1.807) is 0 Å². The third-order valence-electron chi connectivity index (χ3n) is 6.60. The van der Waals surface area contributed by atoms with E-state index >= 15 is 0 Å². The van der Waals surface area contributed by atoms with E-state index in [-0.39, 0.29) is 17.4 Å². The van der Waals surface area contributed by atoms with Crippen molar-refractivity contribution in [1.29, 1.82) is 0 Å². The molecule has 1 saturated carbocycles. The van der Waals surface area contributed by atoms with Crippen LogP contribution in [0.4, 0.5) is 14.7 Å². The average molecular weight is 462 g/mol. The van der Waals surface area contributed by atoms with Crippen molar-refractivity contribution in [3.05, 3.63) is 41.1 Å². The molecule has 1 aliphatic carbocycles. The van der Waals surface area contributed by atoms with Gasteiger partial charge in [-0.05, 0) is 44.9 Å². The summed E-state index contributed by atoms with van der Waals surface area (Å²) in [6.45, 7) is 4.48. The average Bonchev–Trinajstić information content (AvgIpc) is 3.16. The van der Waals surface area contributed by atoms with E-state index in [0.29, 0.717) is 22.7 Å². The molecule has 0 spiro atoms. The highest BCUT2D eigenvalue weighted by Crippen LogP contribution is 2.29. The molecule has 0 amide bonds. The molecule has 1 saturated heterocycles. The SMILES string of the molecule is CN1CCN([C@H]2CC[C@H](Nc3nc(-c4c(F)cccc4F)nc4c(Cl)cnn34)CC2)CC1. The number of aromatic nitrogens is 4. The lowest BCUT2D eigenvalue weighted by atomic mass is 9.90. The molecular formula is C22H26ClF2N7. The summed E-state index contributed by atoms with van der Waals surface area (Å²) in [5, 5.41) is 7.99. The number of hydrogen-bond acceptors (Lipinski definition) is 6. The standard InChI is InChI=1S/C22H26ClF2N7/c1-30-9-11-31(12-10-30)15-7-5-14(6-8-15)27-22-29-20(19-17(24)3-2-4-18(19)25)28-21-16(23)13-26-32(21)22/h2-4,13-15H,5-12H2,1H3,(H,27,28,29)/t14-,15-. The molecule has 32 heavy (non-hydrogen) atoms. The Morgan fingerprint density at radius 3 is 2.38 bits per heavy atom. The lowest BCUT2D eigenvalue weighted by molar-refractivity contribution is 0.0893. The molecule has 3 aromatic rings. The zero-order valence-corrected chi connectivity index (χ0v) is 18.7. The molecule has 2 aromatic heterocycles. The van der Waals surface area contributed by atoms with Gasteiger partial charge < -0.3 is 10.2 Å². The summed E-state index contributed by atoms with van der Waals surface area (Å²) in [6, 6.07) is 4.50. The number of rotatable bonds is 4. The van der Waals surface area contributed by atoms with Gasteiger partial charge in [0.05, 0.1) is 11.8 Å². The molecule has 2 aliphatic rings. The van der Waals surface area contributed by atoms with Gasteiger partial charge in [0.2, 0.25) is 5.95 Å². The molecular weight excluding hydrogens is 436 g/mol. The topological polar surface area (TPSA) is 61.6 Å². The molecule has 0 radical (unpaired) electrons. The number of nitrogens with zero attached hydrogens (tertiary/aromatic N) is 6. The summed E-state index contributed by atoms with van der Waals surface area (Å²) in [4.78, 5) is 13.7. The number of likely N-dealkylation sites (N-methyl/N-ethyl adjacent to an activating group) is 1. The van der Waals surface area contributed by atoms with Crippen LogP contribution in [0.15, 0.2) is 24.4 Å². The minimum absolute atomic E-state index is 0.0517. The quantitative estimate of drug-likeness (QED) is 0.639. The van der Waals surface area contributed by atoms with Crippen LogP contribution >= 0.6 is 11.6 Å². The summed E-state index contributed by atoms with van der Waals surface area (Å²) in [6.07, 6.45) is 5.64. The maximum atomic E-state index is 14.4. The molecule has 3 heterocycles. The molecule has 10 heteroatoms. The first-order valence-corrected chi connectivity index (χ1v) is 11.4. The lowest BCUT2D eigenvalue weighted by Gasteiger charge is -2.41. The van der Waals surface area contributed by atoms with Crippen LogP contribution in [-0.4, -0.2) is 74.7 Å². The first-order chi connectivity index (χ1) is 15.5. The van der Waals surface area contributed by atoms with Crippen LogP contribution in [0.5, 0.6) is 0 Å². The molecule has 0 unspecified atom stereocenters. The van der Waals surface area contributed by atoms with E-state index in [2.05, 4.69) is 37.2 Å². The number of halogens is 3. The van der Waals surface area contributed by atoms with Crippen LogP contribution in [-0.2, 0) is 0 Å². The summed E-state index contributed by atoms with van der Waals surface area (Å²) in [5.41, 5.74) is 0.0435. The highest BCUT2D eigenvalue weighted by molar-refractivity contribution is 6.33. The Balaban J connectivity index is 1.37. The van der Waals surface area contributed by atoms with E-state index in [4.69, 9.17) is 11.6 Å². The van der Waals surface area contributed by atoms with Gasteiger partial charge in [-0.3, -0.25) is 4.90 Å². The van der Waals surface area contributed by atoms with Crippen LogP contribution in [0.3, 0.4) is 0 Å². The van der Waals surface area contributed by atoms with Crippen molar-refractivity contribution in [2.24, 2.45) is 0 Å². The molecule has 1 aliphatic heterocycles. The van der Waals surface area contributed by atoms with Gasteiger partial charge in [-0.15, -0.1) is 0 Å². The first-order valence-electron chi connectivity index (χ1n) is 11.0. The Labute approximate surface area is 190 Å². The second-order valence-corrected chi connectivity index (χ2v) is 9.09. The van der Waals surface area contributed by atoms with Gasteiger partial charge >= 0.3 is 0 Å². The number of piperazine rings is 1. The molecule has 2 fully saturated rings. The third kappa shape index (κ3) is 4.16. The molecule has 170 valence electrons. The van der Waals surface area contributed by atoms with Crippen LogP contribution in [0, 0.1) is 11.6 Å². The normalized spacial score (nSPS) is 23.0. The maximum Gasteiger partial charge on any atom is 0.228 e. The van der Waals surface area contributed by atoms with E-state index in [0.717, 1.165) is 51.9 Å². The van der Waals surface area contributed by atoms with Crippen molar-refractivity contribution < 1.29 is 8.78 Å². The van der Waals surface area contributed by atoms with Gasteiger partial charge in [-0.2, -0.15) is 14.6 Å². The predicted molar refractivity (Wildman–Crippen MR) is 120 cm³/mol. The Kier molecular flexibility index (Phi) is 5.96. The number of fused-ring (bicyclic) bond motifs is 1. The number of nitrogens with one attached hydrogen (secondary N) is 1. The van der Waals surface area contributed by atoms with Gasteiger partial charge in [0.25, 0.3) is 0 Å². The van der Waals surface area contributed by atoms with Crippen molar-refractivity contribution in [1.82, 2.24) is 29.4 Å². The van der Waals surface area contributed by atoms with E-state index in [1.807, 2.05) is 0 Å². The second-order valence-electron chi connectivity index (χ2n) is 8.68. The minimum Gasteiger partial charge on any atom is -0.351 e. The van der Waals surface area contributed by atoms with Crippen molar-refractivity contribution >= 4 is 23.2 Å². The van der Waals surface area contributed by atoms with Gasteiger partial charge in [-0.1, -0.05) is 17.7 Å². The number of anilines is 1. The number of benzene rings is 1. The van der Waals surface area contributed by atoms with Crippen LogP contribution in [0.1, 0.15) is 25.7 Å². The fourth-order valence-corrected chi connectivity index (χ4v) is 4.89. The van der Waals surface area contributed by atoms with E-state index in [1.165, 1.54) is 28.9 Å². The molecule has 1 N–H and O–H groups in total. The smallest absolute Gasteiger partial charge is 0.228 e. The van der Waals surface area contributed by atoms with Gasteiger partial charge in [0, 0.05) is 38.3 Å². The second kappa shape index (κ2) is 8.88. The van der Waals surface area contributed by atoms with Crippen molar-refractivity contribution in [3.63, 3.8) is 0 Å². The van der Waals surface area contributed by atoms with Crippen LogP contribution in [0.25, 0.3) is 17.0 Å². The van der Waals surface area contributed by atoms with Crippen molar-refractivity contribution in [2.75, 3.05) is 38.5 Å². The highest BCUT2D eigenvalue weighted by Gasteiger charge is 2.28. The van der Waals surface area contributed by atoms with Crippen molar-refractivity contribution in [2.45, 2.75) is 37.8 Å². The zero-order valence-electron chi connectivity index (χ0n) is 17.9. The fraction of sp³-hybridized carbons (Fsp3) is 0.500. The van der Waals surface area contributed by atoms with Gasteiger partial charge in [0.1, 0.15) is 16.7 Å². The summed E-state index contributed by atoms with van der Waals surface area (Å²) in [5.74, 6) is -1.10. The van der Waals surface area contributed by atoms with E-state index in [9.17, 15) is 8.78 Å². The minimum atomic E-state index is -0.719. The van der Waals surface area contributed by atoms with Crippen molar-refractivity contribution in [3.8, 4) is 11.4 Å². The maximum absolute atomic E-state index is 14.4. The molecule has 5 rings (SSSR count). The molecule has 0 bridgehead atoms. The Morgan fingerprint density at radius 2 is 1.69 bits per heavy atom. The lowest BCUT2D eigenvalue weighted by Crippen LogP contribution is -2.50. The van der Waals surface area contributed by atoms with Crippen LogP contribution in [0.2, 0.25) is 5.02 Å². The zero-order chi connectivity index (χ0) is 22.2. The third-order valence-corrected chi connectivity index (χ3v) is 6.86. The Hall–Kier alpha value is -2.36. The molecule has 7 nitrogen and oxygen atoms in total. The summed E-state index contributed by atoms with van der Waals surface area (Å²) < 4.78 is 30.3. The summed E-state index contributed by atoms with van der Waals surface area (Å²) >= 11 is 6.24. The highest BCUT2D eigenvalue weighted by atomic mass is 35.5. The Morgan fingerprint density at radius 1 is 1.00 bits per heavy atom. The monoisotopic (exact) mass is 461 g/mol. The molecule has 1 aromatic carbocycles. The van der Waals surface area contributed by atoms with Crippen LogP contribution < -0.4 is 5.32 Å². The Bertz CT molecular complexity index is 1080. The molecule has 0 atom stereocenters. The van der Waals surface area contributed by atoms with E-state index < -0.39 is 11.6 Å². The first kappa shape index (κ1) is 21.5. The fourth-order valence-electron chi connectivity index (χ4n) is 4.72. The summed E-state index contributed by atoms with van der Waals surface area (Å²) in [7, 11) is 2.17. The van der Waals surface area contributed by atoms with Gasteiger partial charge in [0.15, 0.2) is 11.5 Å². The van der Waals surface area contributed by atoms with Gasteiger partial charge in [-0.25, -0.2) is 13.8 Å². The number of hydrogen-bond donors (Lipinski definition) is 1. The predicted octanol–water partition coefficient (Wildman–Crippen LogP) is 3.69. The largest absolute Gasteiger partial charge is 0.351 e.